The molecule has 5 nitrogen and oxygen atoms in total. The Balaban J connectivity index is 0.000000535. The molecule has 0 unspecified atom stereocenters. The van der Waals surface area contributed by atoms with Gasteiger partial charge in [-0.1, -0.05) is 31.9 Å². The highest BCUT2D eigenvalue weighted by molar-refractivity contribution is 5.94. The summed E-state index contributed by atoms with van der Waals surface area (Å²) < 4.78 is 0. The molecule has 1 aromatic rings. The van der Waals surface area contributed by atoms with Gasteiger partial charge in [0.15, 0.2) is 17.3 Å². The van der Waals surface area contributed by atoms with Gasteiger partial charge in [0.25, 0.3) is 0 Å². The fourth-order valence-corrected chi connectivity index (χ4v) is 1.92. The number of phenolic OH excluding ortho intramolecular Hbond substituents is 1. The fourth-order valence-electron chi connectivity index (χ4n) is 1.92. The second-order valence-corrected chi connectivity index (χ2v) is 5.31. The van der Waals surface area contributed by atoms with Crippen molar-refractivity contribution < 1.29 is 24.6 Å². The number of aliphatic hydroxyl groups excluding tert-OH is 1. The fraction of sp³-hybridized carbons (Fsp3) is 0.250. The molecule has 1 aromatic carbocycles. The zero-order valence-electron chi connectivity index (χ0n) is 14.2. The van der Waals surface area contributed by atoms with Crippen LogP contribution in [0.15, 0.2) is 62.2 Å². The molecule has 0 aliphatic heterocycles. The molecule has 2 N–H and O–H groups in total. The van der Waals surface area contributed by atoms with Crippen molar-refractivity contribution in [3.63, 3.8) is 0 Å². The average Bonchev–Trinajstić information content (AvgIpc) is 2.62. The van der Waals surface area contributed by atoms with Crippen LogP contribution in [0.3, 0.4) is 0 Å². The largest absolute Gasteiger partial charge is 0.508 e. The number of phenols is 1. The maximum absolute atomic E-state index is 11.2. The molecule has 5 heteroatoms. The molecule has 0 atom stereocenters. The third kappa shape index (κ3) is 10.6. The second-order valence-electron chi connectivity index (χ2n) is 5.31. The molecule has 0 spiro atoms. The van der Waals surface area contributed by atoms with Crippen LogP contribution < -0.4 is 0 Å². The predicted octanol–water partition coefficient (Wildman–Crippen LogP) is 2.92. The molecular formula is C20H24O5. The number of allylic oxidation sites excluding steroid dienone is 3. The van der Waals surface area contributed by atoms with Crippen LogP contribution in [0.5, 0.6) is 5.75 Å². The molecule has 0 aliphatic carbocycles. The number of aliphatic hydroxyl groups is 1. The monoisotopic (exact) mass is 344 g/mol. The van der Waals surface area contributed by atoms with Gasteiger partial charge in [0.2, 0.25) is 0 Å². The number of hydrogen-bond acceptors (Lipinski definition) is 5. The maximum Gasteiger partial charge on any atom is 0.155 e. The van der Waals surface area contributed by atoms with Crippen molar-refractivity contribution in [1.82, 2.24) is 0 Å². The van der Waals surface area contributed by atoms with Crippen LogP contribution in [0.25, 0.3) is 0 Å². The molecule has 0 fully saturated rings. The number of ketones is 3. The summed E-state index contributed by atoms with van der Waals surface area (Å²) in [6, 6.07) is 6.45. The minimum Gasteiger partial charge on any atom is -0.508 e. The lowest BCUT2D eigenvalue weighted by atomic mass is 9.91. The van der Waals surface area contributed by atoms with Gasteiger partial charge in [0.05, 0.1) is 6.61 Å². The van der Waals surface area contributed by atoms with Crippen molar-refractivity contribution in [3.8, 4) is 5.75 Å². The van der Waals surface area contributed by atoms with Gasteiger partial charge in [-0.3, -0.25) is 14.4 Å². The molecule has 0 aliphatic rings. The molecule has 0 heterocycles. The van der Waals surface area contributed by atoms with E-state index in [1.807, 2.05) is 0 Å². The normalized spacial score (nSPS) is 9.52. The Morgan fingerprint density at radius 1 is 0.840 bits per heavy atom. The number of carbonyl (C=O) groups is 3. The van der Waals surface area contributed by atoms with E-state index in [-0.39, 0.29) is 54.9 Å². The summed E-state index contributed by atoms with van der Waals surface area (Å²) in [5.41, 5.74) is 0.813. The Hall–Kier alpha value is -2.79. The van der Waals surface area contributed by atoms with Crippen LogP contribution in [0, 0.1) is 5.92 Å². The first-order chi connectivity index (χ1) is 11.9. The Morgan fingerprint density at radius 3 is 1.48 bits per heavy atom. The van der Waals surface area contributed by atoms with Crippen LogP contribution in [0.2, 0.25) is 0 Å². The number of carbonyl (C=O) groups excluding carboxylic acids is 3. The van der Waals surface area contributed by atoms with E-state index < -0.39 is 0 Å². The van der Waals surface area contributed by atoms with Gasteiger partial charge in [-0.2, -0.15) is 0 Å². The van der Waals surface area contributed by atoms with Gasteiger partial charge >= 0.3 is 0 Å². The summed E-state index contributed by atoms with van der Waals surface area (Å²) >= 11 is 0. The number of aromatic hydroxyl groups is 1. The topological polar surface area (TPSA) is 91.7 Å². The predicted molar refractivity (Wildman–Crippen MR) is 97.0 cm³/mol. The van der Waals surface area contributed by atoms with Crippen molar-refractivity contribution in [3.05, 3.63) is 67.8 Å². The summed E-state index contributed by atoms with van der Waals surface area (Å²) in [6.07, 6.45) is 4.06. The summed E-state index contributed by atoms with van der Waals surface area (Å²) in [6.45, 7) is 10.1. The highest BCUT2D eigenvalue weighted by atomic mass is 16.3. The summed E-state index contributed by atoms with van der Waals surface area (Å²) in [4.78, 5) is 33.5. The molecule has 0 radical (unpaired) electrons. The standard InChI is InChI=1S/C13H16O3.C7H8O2/c1-4-11(14)7-10(8-12(15)5-2)9-13(16)6-3;8-5-6-1-3-7(9)4-2-6/h4-6,10H,1-3,7-9H2;1-4,8-9H,5H2. The lowest BCUT2D eigenvalue weighted by Crippen LogP contribution is -2.14. The maximum atomic E-state index is 11.2. The third-order valence-electron chi connectivity index (χ3n) is 3.27. The van der Waals surface area contributed by atoms with Crippen molar-refractivity contribution in [2.75, 3.05) is 0 Å². The molecule has 0 saturated carbocycles. The highest BCUT2D eigenvalue weighted by Gasteiger charge is 2.17. The van der Waals surface area contributed by atoms with Crippen LogP contribution in [-0.2, 0) is 21.0 Å². The van der Waals surface area contributed by atoms with E-state index in [0.717, 1.165) is 5.56 Å². The van der Waals surface area contributed by atoms with Gasteiger partial charge in [0, 0.05) is 19.3 Å². The number of rotatable bonds is 10. The molecule has 25 heavy (non-hydrogen) atoms. The van der Waals surface area contributed by atoms with Gasteiger partial charge < -0.3 is 10.2 Å². The van der Waals surface area contributed by atoms with Crippen LogP contribution >= 0.6 is 0 Å². The van der Waals surface area contributed by atoms with Gasteiger partial charge in [0.1, 0.15) is 5.75 Å². The molecule has 0 saturated heterocycles. The van der Waals surface area contributed by atoms with Crippen molar-refractivity contribution in [1.29, 1.82) is 0 Å². The van der Waals surface area contributed by atoms with Gasteiger partial charge in [-0.25, -0.2) is 0 Å². The molecular weight excluding hydrogens is 320 g/mol. The van der Waals surface area contributed by atoms with Crippen LogP contribution in [-0.4, -0.2) is 27.6 Å². The Morgan fingerprint density at radius 2 is 1.20 bits per heavy atom. The van der Waals surface area contributed by atoms with Crippen LogP contribution in [0.4, 0.5) is 0 Å². The zero-order chi connectivity index (χ0) is 19.2. The first-order valence-electron chi connectivity index (χ1n) is 7.70. The molecule has 134 valence electrons. The van der Waals surface area contributed by atoms with E-state index in [1.165, 1.54) is 18.2 Å². The van der Waals surface area contributed by atoms with E-state index in [2.05, 4.69) is 19.7 Å². The lowest BCUT2D eigenvalue weighted by molar-refractivity contribution is -0.119. The number of benzene rings is 1. The zero-order valence-corrected chi connectivity index (χ0v) is 14.2. The van der Waals surface area contributed by atoms with Gasteiger partial charge in [-0.05, 0) is 41.8 Å². The molecule has 0 bridgehead atoms. The molecule has 1 rings (SSSR count). The van der Waals surface area contributed by atoms with E-state index in [1.54, 1.807) is 24.3 Å². The minimum atomic E-state index is -0.290. The average molecular weight is 344 g/mol. The summed E-state index contributed by atoms with van der Waals surface area (Å²) in [5, 5.41) is 17.3. The van der Waals surface area contributed by atoms with Crippen molar-refractivity contribution in [2.45, 2.75) is 25.9 Å². The minimum absolute atomic E-state index is 0.0281. The third-order valence-corrected chi connectivity index (χ3v) is 3.27. The van der Waals surface area contributed by atoms with Crippen LogP contribution in [0.1, 0.15) is 24.8 Å². The Labute approximate surface area is 148 Å². The van der Waals surface area contributed by atoms with Crippen molar-refractivity contribution in [2.24, 2.45) is 5.92 Å². The first kappa shape index (κ1) is 22.2. The van der Waals surface area contributed by atoms with E-state index in [9.17, 15) is 14.4 Å². The second kappa shape index (κ2) is 12.6. The lowest BCUT2D eigenvalue weighted by Gasteiger charge is -2.11. The van der Waals surface area contributed by atoms with E-state index in [0.29, 0.717) is 0 Å². The smallest absolute Gasteiger partial charge is 0.155 e. The quantitative estimate of drug-likeness (QED) is 0.637. The van der Waals surface area contributed by atoms with Gasteiger partial charge in [-0.15, -0.1) is 0 Å². The van der Waals surface area contributed by atoms with E-state index in [4.69, 9.17) is 10.2 Å². The molecule has 0 amide bonds. The summed E-state index contributed by atoms with van der Waals surface area (Å²) in [7, 11) is 0. The van der Waals surface area contributed by atoms with Crippen molar-refractivity contribution >= 4 is 17.3 Å². The Bertz CT molecular complexity index is 561. The number of hydrogen-bond donors (Lipinski definition) is 2. The molecule has 0 aromatic heterocycles. The summed E-state index contributed by atoms with van der Waals surface area (Å²) in [5.74, 6) is -0.565. The van der Waals surface area contributed by atoms with E-state index >= 15 is 0 Å². The SMILES string of the molecule is C=CC(=O)CC(CC(=O)C=C)CC(=O)C=C.OCc1ccc(O)cc1. The highest BCUT2D eigenvalue weighted by Crippen LogP contribution is 2.16. The first-order valence-corrected chi connectivity index (χ1v) is 7.70. The Kier molecular flexibility index (Phi) is 11.2.